The van der Waals surface area contributed by atoms with Crippen LogP contribution in [0, 0.1) is 5.82 Å². The van der Waals surface area contributed by atoms with Crippen LogP contribution in [-0.4, -0.2) is 27.9 Å². The van der Waals surface area contributed by atoms with Crippen molar-refractivity contribution in [3.63, 3.8) is 0 Å². The van der Waals surface area contributed by atoms with Crippen molar-refractivity contribution in [2.45, 2.75) is 18.6 Å². The zero-order chi connectivity index (χ0) is 21.0. The second kappa shape index (κ2) is 9.39. The fraction of sp³-hybridized carbons (Fsp3) is 0.158. The van der Waals surface area contributed by atoms with Crippen LogP contribution < -0.4 is 10.6 Å². The molecule has 1 saturated heterocycles. The van der Waals surface area contributed by atoms with Gasteiger partial charge in [0.05, 0.1) is 21.4 Å². The Morgan fingerprint density at radius 2 is 1.97 bits per heavy atom. The lowest BCUT2D eigenvalue weighted by molar-refractivity contribution is -0.122. The molecule has 3 rings (SSSR count). The fourth-order valence-electron chi connectivity index (χ4n) is 2.43. The van der Waals surface area contributed by atoms with Gasteiger partial charge in [-0.3, -0.25) is 9.59 Å². The molecule has 1 unspecified atom stereocenters. The van der Waals surface area contributed by atoms with Crippen molar-refractivity contribution in [1.82, 2.24) is 5.32 Å². The van der Waals surface area contributed by atoms with Gasteiger partial charge in [-0.2, -0.15) is 5.10 Å². The maximum atomic E-state index is 13.0. The average Bonchev–Trinajstić information content (AvgIpc) is 3.03. The molecule has 2 N–H and O–H groups in total. The molecule has 1 atom stereocenters. The number of nitrogens with one attached hydrogen (secondary N) is 2. The Kier molecular flexibility index (Phi) is 6.89. The van der Waals surface area contributed by atoms with Crippen LogP contribution in [0.4, 0.5) is 10.1 Å². The summed E-state index contributed by atoms with van der Waals surface area (Å²) in [5, 5.41) is 13.5. The molecule has 0 spiro atoms. The predicted octanol–water partition coefficient (Wildman–Crippen LogP) is 4.47. The fourth-order valence-corrected chi connectivity index (χ4v) is 3.69. The molecular weight excluding hydrogens is 438 g/mol. The number of halogens is 3. The average molecular weight is 453 g/mol. The molecule has 6 nitrogen and oxygen atoms in total. The summed E-state index contributed by atoms with van der Waals surface area (Å²) in [6.07, 6.45) is -0.0704. The zero-order valence-electron chi connectivity index (χ0n) is 15.1. The summed E-state index contributed by atoms with van der Waals surface area (Å²) in [5.74, 6) is -1.06. The van der Waals surface area contributed by atoms with Gasteiger partial charge in [-0.05, 0) is 36.8 Å². The second-order valence-electron chi connectivity index (χ2n) is 6.05. The Bertz CT molecular complexity index is 1010. The summed E-state index contributed by atoms with van der Waals surface area (Å²) in [5.41, 5.74) is 1.64. The number of thioether (sulfide) groups is 1. The van der Waals surface area contributed by atoms with Crippen molar-refractivity contribution in [2.75, 3.05) is 5.32 Å². The summed E-state index contributed by atoms with van der Waals surface area (Å²) in [4.78, 5) is 24.4. The maximum absolute atomic E-state index is 13.0. The van der Waals surface area contributed by atoms with Gasteiger partial charge in [0.25, 0.3) is 0 Å². The second-order valence-corrected chi connectivity index (χ2v) is 8.02. The van der Waals surface area contributed by atoms with Crippen molar-refractivity contribution >= 4 is 63.3 Å². The van der Waals surface area contributed by atoms with Gasteiger partial charge in [0.2, 0.25) is 11.8 Å². The molecule has 2 amide bonds. The highest BCUT2D eigenvalue weighted by Crippen LogP contribution is 2.30. The number of nitrogens with zero attached hydrogens (tertiary/aromatic N) is 2. The minimum absolute atomic E-state index is 0.0704. The molecular formula is C19H15Cl2FN4O2S. The lowest BCUT2D eigenvalue weighted by Gasteiger charge is -2.09. The zero-order valence-corrected chi connectivity index (χ0v) is 17.4. The van der Waals surface area contributed by atoms with Gasteiger partial charge in [-0.25, -0.2) is 4.39 Å². The SMILES string of the molecule is CC(=N/N=C1\NC(=O)C(CC(=O)Nc2cccc(Cl)c2Cl)S1)c1ccc(F)cc1. The van der Waals surface area contributed by atoms with E-state index < -0.39 is 5.25 Å². The highest BCUT2D eigenvalue weighted by molar-refractivity contribution is 8.15. The van der Waals surface area contributed by atoms with E-state index in [9.17, 15) is 14.0 Å². The number of hydrogen-bond acceptors (Lipinski definition) is 5. The Morgan fingerprint density at radius 1 is 1.24 bits per heavy atom. The first kappa shape index (κ1) is 21.3. The van der Waals surface area contributed by atoms with E-state index in [2.05, 4.69) is 20.8 Å². The van der Waals surface area contributed by atoms with Gasteiger partial charge in [-0.15, -0.1) is 5.10 Å². The predicted molar refractivity (Wildman–Crippen MR) is 115 cm³/mol. The van der Waals surface area contributed by atoms with Crippen LogP contribution in [0.15, 0.2) is 52.7 Å². The lowest BCUT2D eigenvalue weighted by Crippen LogP contribution is -2.28. The molecule has 1 aliphatic rings. The monoisotopic (exact) mass is 452 g/mol. The third-order valence-corrected chi connectivity index (χ3v) is 5.82. The van der Waals surface area contributed by atoms with Crippen LogP contribution in [0.5, 0.6) is 0 Å². The van der Waals surface area contributed by atoms with Crippen molar-refractivity contribution < 1.29 is 14.0 Å². The summed E-state index contributed by atoms with van der Waals surface area (Å²) >= 11 is 13.1. The topological polar surface area (TPSA) is 82.9 Å². The minimum atomic E-state index is -0.645. The van der Waals surface area contributed by atoms with Crippen LogP contribution >= 0.6 is 35.0 Å². The quantitative estimate of drug-likeness (QED) is 0.518. The summed E-state index contributed by atoms with van der Waals surface area (Å²) < 4.78 is 13.0. The van der Waals surface area contributed by atoms with Gasteiger partial charge < -0.3 is 10.6 Å². The van der Waals surface area contributed by atoms with E-state index in [0.29, 0.717) is 22.0 Å². The maximum Gasteiger partial charge on any atom is 0.240 e. The molecule has 0 bridgehead atoms. The van der Waals surface area contributed by atoms with E-state index in [-0.39, 0.29) is 34.2 Å². The molecule has 150 valence electrons. The largest absolute Gasteiger partial charge is 0.325 e. The van der Waals surface area contributed by atoms with Crippen molar-refractivity contribution in [3.8, 4) is 0 Å². The van der Waals surface area contributed by atoms with E-state index >= 15 is 0 Å². The Balaban J connectivity index is 1.61. The van der Waals surface area contributed by atoms with E-state index in [1.165, 1.54) is 12.1 Å². The summed E-state index contributed by atoms with van der Waals surface area (Å²) in [6.45, 7) is 1.72. The molecule has 0 aromatic heterocycles. The van der Waals surface area contributed by atoms with E-state index in [1.807, 2.05) is 0 Å². The molecule has 1 heterocycles. The lowest BCUT2D eigenvalue weighted by atomic mass is 10.1. The number of benzene rings is 2. The highest BCUT2D eigenvalue weighted by atomic mass is 35.5. The van der Waals surface area contributed by atoms with Gasteiger partial charge >= 0.3 is 0 Å². The van der Waals surface area contributed by atoms with Crippen LogP contribution in [-0.2, 0) is 9.59 Å². The van der Waals surface area contributed by atoms with E-state index in [0.717, 1.165) is 11.8 Å². The first-order chi connectivity index (χ1) is 13.8. The number of carbonyl (C=O) groups is 2. The standard InChI is InChI=1S/C19H15Cl2FN4O2S/c1-10(11-5-7-12(22)8-6-11)25-26-19-24-18(28)15(29-19)9-16(27)23-14-4-2-3-13(20)17(14)21/h2-8,15H,9H2,1H3,(H,23,27)(H,24,26,28). The minimum Gasteiger partial charge on any atom is -0.325 e. The first-order valence-electron chi connectivity index (χ1n) is 8.43. The number of amides is 2. The molecule has 29 heavy (non-hydrogen) atoms. The van der Waals surface area contributed by atoms with E-state index in [1.54, 1.807) is 37.3 Å². The first-order valence-corrected chi connectivity index (χ1v) is 10.1. The molecule has 0 aliphatic carbocycles. The summed E-state index contributed by atoms with van der Waals surface area (Å²) in [6, 6.07) is 10.7. The number of anilines is 1. The third kappa shape index (κ3) is 5.56. The Morgan fingerprint density at radius 3 is 2.69 bits per heavy atom. The Hall–Kier alpha value is -2.42. The van der Waals surface area contributed by atoms with Crippen LogP contribution in [0.3, 0.4) is 0 Å². The normalized spacial score (nSPS) is 18.1. The van der Waals surface area contributed by atoms with Crippen LogP contribution in [0.25, 0.3) is 0 Å². The third-order valence-electron chi connectivity index (χ3n) is 3.93. The smallest absolute Gasteiger partial charge is 0.240 e. The molecule has 10 heteroatoms. The molecule has 1 fully saturated rings. The van der Waals surface area contributed by atoms with Gasteiger partial charge in [0, 0.05) is 6.42 Å². The molecule has 2 aromatic rings. The molecule has 1 aliphatic heterocycles. The van der Waals surface area contributed by atoms with Crippen molar-refractivity contribution in [2.24, 2.45) is 10.2 Å². The van der Waals surface area contributed by atoms with Crippen molar-refractivity contribution in [3.05, 3.63) is 63.9 Å². The highest BCUT2D eigenvalue weighted by Gasteiger charge is 2.32. The number of rotatable bonds is 5. The number of hydrogen-bond donors (Lipinski definition) is 2. The molecule has 0 radical (unpaired) electrons. The van der Waals surface area contributed by atoms with Gasteiger partial charge in [0.1, 0.15) is 11.1 Å². The summed E-state index contributed by atoms with van der Waals surface area (Å²) in [7, 11) is 0. The molecule has 0 saturated carbocycles. The van der Waals surface area contributed by atoms with Crippen LogP contribution in [0.2, 0.25) is 10.0 Å². The number of carbonyl (C=O) groups excluding carboxylic acids is 2. The Labute approximate surface area is 180 Å². The molecule has 2 aromatic carbocycles. The van der Waals surface area contributed by atoms with Crippen molar-refractivity contribution in [1.29, 1.82) is 0 Å². The van der Waals surface area contributed by atoms with Gasteiger partial charge in [-0.1, -0.05) is 53.2 Å². The number of amidine groups is 1. The van der Waals surface area contributed by atoms with Crippen LogP contribution in [0.1, 0.15) is 18.9 Å². The van der Waals surface area contributed by atoms with Gasteiger partial charge in [0.15, 0.2) is 5.17 Å². The van der Waals surface area contributed by atoms with E-state index in [4.69, 9.17) is 23.2 Å².